The number of carbonyl (C=O) groups is 1. The van der Waals surface area contributed by atoms with E-state index in [1.54, 1.807) is 0 Å². The molecule has 0 fully saturated rings. The van der Waals surface area contributed by atoms with Crippen molar-refractivity contribution in [2.24, 2.45) is 0 Å². The third kappa shape index (κ3) is 4.24. The summed E-state index contributed by atoms with van der Waals surface area (Å²) in [6, 6.07) is 0. The molecular formula is C7H7F5O3. The molecule has 0 aromatic rings. The number of alkyl halides is 5. The summed E-state index contributed by atoms with van der Waals surface area (Å²) in [5, 5.41) is 8.21. The number of carboxylic acids is 1. The van der Waals surface area contributed by atoms with Crippen LogP contribution < -0.4 is 0 Å². The maximum absolute atomic E-state index is 12.1. The fraction of sp³-hybridized carbons (Fsp3) is 0.571. The van der Waals surface area contributed by atoms with Crippen LogP contribution in [0.3, 0.4) is 0 Å². The Morgan fingerprint density at radius 3 is 2.07 bits per heavy atom. The SMILES string of the molecule is C=C(CCOC(F)(F)C(F)(F)F)C(=O)O. The van der Waals surface area contributed by atoms with E-state index in [-0.39, 0.29) is 0 Å². The fourth-order valence-electron chi connectivity index (χ4n) is 0.491. The Kier molecular flexibility index (Phi) is 4.20. The zero-order valence-corrected chi connectivity index (χ0v) is 7.27. The van der Waals surface area contributed by atoms with Gasteiger partial charge in [0.25, 0.3) is 0 Å². The Morgan fingerprint density at radius 1 is 1.27 bits per heavy atom. The molecule has 0 aromatic carbocycles. The van der Waals surface area contributed by atoms with Crippen LogP contribution in [-0.2, 0) is 9.53 Å². The third-order valence-corrected chi connectivity index (χ3v) is 1.32. The third-order valence-electron chi connectivity index (χ3n) is 1.32. The van der Waals surface area contributed by atoms with Crippen molar-refractivity contribution in [2.75, 3.05) is 6.61 Å². The average molecular weight is 234 g/mol. The van der Waals surface area contributed by atoms with Gasteiger partial charge in [0.1, 0.15) is 0 Å². The Bertz CT molecular complexity index is 258. The number of rotatable bonds is 5. The van der Waals surface area contributed by atoms with Crippen molar-refractivity contribution in [2.45, 2.75) is 18.7 Å². The zero-order chi connectivity index (χ0) is 12.3. The van der Waals surface area contributed by atoms with Crippen LogP contribution in [0, 0.1) is 0 Å². The van der Waals surface area contributed by atoms with E-state index < -0.39 is 36.9 Å². The summed E-state index contributed by atoms with van der Waals surface area (Å²) in [6.07, 6.45) is -11.7. The summed E-state index contributed by atoms with van der Waals surface area (Å²) in [7, 11) is 0. The van der Waals surface area contributed by atoms with Gasteiger partial charge in [-0.1, -0.05) is 6.58 Å². The maximum atomic E-state index is 12.1. The van der Waals surface area contributed by atoms with Gasteiger partial charge in [0.2, 0.25) is 0 Å². The van der Waals surface area contributed by atoms with Crippen molar-refractivity contribution in [3.05, 3.63) is 12.2 Å². The van der Waals surface area contributed by atoms with Crippen LogP contribution in [0.5, 0.6) is 0 Å². The van der Waals surface area contributed by atoms with E-state index in [0.29, 0.717) is 0 Å². The molecule has 8 heteroatoms. The summed E-state index contributed by atoms with van der Waals surface area (Å²) >= 11 is 0. The Labute approximate surface area is 81.1 Å². The molecule has 3 nitrogen and oxygen atoms in total. The lowest BCUT2D eigenvalue weighted by Gasteiger charge is -2.19. The summed E-state index contributed by atoms with van der Waals surface area (Å²) < 4.78 is 61.9. The van der Waals surface area contributed by atoms with E-state index in [9.17, 15) is 26.7 Å². The lowest BCUT2D eigenvalue weighted by Crippen LogP contribution is -2.39. The molecule has 0 aliphatic rings. The van der Waals surface area contributed by atoms with Crippen molar-refractivity contribution < 1.29 is 36.6 Å². The topological polar surface area (TPSA) is 46.5 Å². The number of ether oxygens (including phenoxy) is 1. The van der Waals surface area contributed by atoms with Crippen LogP contribution >= 0.6 is 0 Å². The minimum Gasteiger partial charge on any atom is -0.478 e. The lowest BCUT2D eigenvalue weighted by molar-refractivity contribution is -0.390. The largest absolute Gasteiger partial charge is 0.482 e. The second kappa shape index (κ2) is 4.56. The first-order valence-electron chi connectivity index (χ1n) is 3.57. The summed E-state index contributed by atoms with van der Waals surface area (Å²) in [5.41, 5.74) is -0.507. The number of hydrogen-bond acceptors (Lipinski definition) is 2. The molecule has 1 N–H and O–H groups in total. The normalized spacial score (nSPS) is 12.6. The molecule has 0 bridgehead atoms. The van der Waals surface area contributed by atoms with Gasteiger partial charge in [-0.05, 0) is 0 Å². The monoisotopic (exact) mass is 234 g/mol. The Hall–Kier alpha value is -1.18. The summed E-state index contributed by atoms with van der Waals surface area (Å²) in [5.74, 6) is -1.48. The average Bonchev–Trinajstić information content (AvgIpc) is 2.01. The first kappa shape index (κ1) is 13.8. The highest BCUT2D eigenvalue weighted by Crippen LogP contribution is 2.36. The standard InChI is InChI=1S/C7H7F5O3/c1-4(5(13)14)2-3-15-7(11,12)6(8,9)10/h1-3H2,(H,13,14). The molecule has 88 valence electrons. The Balaban J connectivity index is 4.07. The number of halogens is 5. The first-order valence-corrected chi connectivity index (χ1v) is 3.57. The van der Waals surface area contributed by atoms with Gasteiger partial charge in [0.05, 0.1) is 6.61 Å². The number of carboxylic acid groups (broad SMARTS) is 1. The summed E-state index contributed by atoms with van der Waals surface area (Å²) in [6.45, 7) is 1.86. The van der Waals surface area contributed by atoms with Crippen LogP contribution in [0.4, 0.5) is 22.0 Å². The van der Waals surface area contributed by atoms with Gasteiger partial charge in [-0.2, -0.15) is 22.0 Å². The molecule has 0 aromatic heterocycles. The van der Waals surface area contributed by atoms with Crippen LogP contribution in [0.15, 0.2) is 12.2 Å². The van der Waals surface area contributed by atoms with Crippen molar-refractivity contribution in [3.63, 3.8) is 0 Å². The zero-order valence-electron chi connectivity index (χ0n) is 7.27. The highest BCUT2D eigenvalue weighted by atomic mass is 19.4. The molecule has 0 radical (unpaired) electrons. The molecule has 0 aliphatic carbocycles. The second-order valence-corrected chi connectivity index (χ2v) is 2.52. The molecule has 0 atom stereocenters. The van der Waals surface area contributed by atoms with Crippen molar-refractivity contribution >= 4 is 5.97 Å². The van der Waals surface area contributed by atoms with Gasteiger partial charge >= 0.3 is 18.3 Å². The van der Waals surface area contributed by atoms with Crippen molar-refractivity contribution in [3.8, 4) is 0 Å². The molecule has 0 aliphatic heterocycles. The van der Waals surface area contributed by atoms with Gasteiger partial charge in [-0.25, -0.2) is 4.79 Å². The van der Waals surface area contributed by atoms with Crippen molar-refractivity contribution in [1.29, 1.82) is 0 Å². The van der Waals surface area contributed by atoms with E-state index in [1.807, 2.05) is 0 Å². The van der Waals surface area contributed by atoms with Crippen LogP contribution in [-0.4, -0.2) is 30.0 Å². The van der Waals surface area contributed by atoms with Gasteiger partial charge in [-0.3, -0.25) is 0 Å². The van der Waals surface area contributed by atoms with Crippen LogP contribution in [0.2, 0.25) is 0 Å². The predicted octanol–water partition coefficient (Wildman–Crippen LogP) is 2.19. The van der Waals surface area contributed by atoms with Crippen molar-refractivity contribution in [1.82, 2.24) is 0 Å². The molecule has 15 heavy (non-hydrogen) atoms. The Morgan fingerprint density at radius 2 is 1.73 bits per heavy atom. The van der Waals surface area contributed by atoms with Gasteiger partial charge in [0, 0.05) is 12.0 Å². The quantitative estimate of drug-likeness (QED) is 0.585. The van der Waals surface area contributed by atoms with Gasteiger partial charge in [0.15, 0.2) is 0 Å². The molecular weight excluding hydrogens is 227 g/mol. The minimum absolute atomic E-state index is 0.507. The molecule has 0 spiro atoms. The van der Waals surface area contributed by atoms with Gasteiger partial charge < -0.3 is 9.84 Å². The lowest BCUT2D eigenvalue weighted by atomic mass is 10.2. The molecule has 0 saturated carbocycles. The molecule has 0 rings (SSSR count). The number of hydrogen-bond donors (Lipinski definition) is 1. The predicted molar refractivity (Wildman–Crippen MR) is 38.3 cm³/mol. The minimum atomic E-state index is -5.81. The van der Waals surface area contributed by atoms with E-state index in [4.69, 9.17) is 5.11 Å². The summed E-state index contributed by atoms with van der Waals surface area (Å²) in [4.78, 5) is 10.1. The molecule has 0 heterocycles. The smallest absolute Gasteiger partial charge is 0.478 e. The molecule has 0 saturated heterocycles. The number of aliphatic carboxylic acids is 1. The molecule has 0 amide bonds. The van der Waals surface area contributed by atoms with Crippen LogP contribution in [0.25, 0.3) is 0 Å². The van der Waals surface area contributed by atoms with Crippen LogP contribution in [0.1, 0.15) is 6.42 Å². The van der Waals surface area contributed by atoms with E-state index in [1.165, 1.54) is 0 Å². The van der Waals surface area contributed by atoms with E-state index >= 15 is 0 Å². The first-order chi connectivity index (χ1) is 6.58. The van der Waals surface area contributed by atoms with E-state index in [2.05, 4.69) is 11.3 Å². The highest BCUT2D eigenvalue weighted by Gasteiger charge is 2.59. The molecule has 0 unspecified atom stereocenters. The highest BCUT2D eigenvalue weighted by molar-refractivity contribution is 5.85. The van der Waals surface area contributed by atoms with Gasteiger partial charge in [-0.15, -0.1) is 0 Å². The van der Waals surface area contributed by atoms with E-state index in [0.717, 1.165) is 0 Å². The second-order valence-electron chi connectivity index (χ2n) is 2.52. The fourth-order valence-corrected chi connectivity index (χ4v) is 0.491. The maximum Gasteiger partial charge on any atom is 0.482 e.